The molecule has 9 heteroatoms. The lowest BCUT2D eigenvalue weighted by atomic mass is 9.92. The topological polar surface area (TPSA) is 108 Å². The number of aromatic nitrogens is 3. The monoisotopic (exact) mass is 518 g/mol. The number of benzene rings is 2. The molecular weight excluding hydrogens is 484 g/mol. The number of aryl methyl sites for hydroxylation is 1. The van der Waals surface area contributed by atoms with Gasteiger partial charge in [-0.15, -0.1) is 0 Å². The highest BCUT2D eigenvalue weighted by Gasteiger charge is 2.35. The van der Waals surface area contributed by atoms with Crippen LogP contribution in [-0.2, 0) is 9.53 Å². The quantitative estimate of drug-likeness (QED) is 0.317. The van der Waals surface area contributed by atoms with E-state index in [1.807, 2.05) is 45.9 Å². The van der Waals surface area contributed by atoms with E-state index in [9.17, 15) is 4.79 Å². The van der Waals surface area contributed by atoms with Gasteiger partial charge in [0, 0.05) is 28.6 Å². The van der Waals surface area contributed by atoms with Crippen molar-refractivity contribution in [2.75, 3.05) is 20.2 Å². The lowest BCUT2D eigenvalue weighted by Crippen LogP contribution is -2.44. The number of methoxy groups -OCH3 is 1. The Kier molecular flexibility index (Phi) is 7.12. The summed E-state index contributed by atoms with van der Waals surface area (Å²) in [6.45, 7) is 9.23. The molecule has 1 saturated heterocycles. The number of piperidine rings is 1. The largest absolute Gasteiger partial charge is 0.493 e. The minimum absolute atomic E-state index is 0.0165. The molecule has 3 heterocycles. The Bertz CT molecular complexity index is 1450. The summed E-state index contributed by atoms with van der Waals surface area (Å²) in [5.41, 5.74) is 2.11. The zero-order valence-electron chi connectivity index (χ0n) is 22.5. The van der Waals surface area contributed by atoms with Crippen LogP contribution in [-0.4, -0.2) is 52.8 Å². The van der Waals surface area contributed by atoms with Gasteiger partial charge in [-0.1, -0.05) is 0 Å². The van der Waals surface area contributed by atoms with E-state index < -0.39 is 11.7 Å². The van der Waals surface area contributed by atoms with E-state index in [0.29, 0.717) is 34.0 Å². The summed E-state index contributed by atoms with van der Waals surface area (Å²) < 4.78 is 24.0. The highest BCUT2D eigenvalue weighted by Crippen LogP contribution is 2.38. The first-order valence-electron chi connectivity index (χ1n) is 12.9. The van der Waals surface area contributed by atoms with Gasteiger partial charge in [0.25, 0.3) is 0 Å². The zero-order chi connectivity index (χ0) is 26.9. The van der Waals surface area contributed by atoms with E-state index in [1.54, 1.807) is 19.2 Å². The average molecular weight is 519 g/mol. The van der Waals surface area contributed by atoms with Gasteiger partial charge in [0.05, 0.1) is 18.0 Å². The van der Waals surface area contributed by atoms with Gasteiger partial charge in [0.2, 0.25) is 5.88 Å². The van der Waals surface area contributed by atoms with E-state index in [1.165, 1.54) is 6.33 Å². The van der Waals surface area contributed by atoms with Crippen molar-refractivity contribution in [1.29, 1.82) is 0 Å². The molecule has 9 nitrogen and oxygen atoms in total. The van der Waals surface area contributed by atoms with Crippen molar-refractivity contribution < 1.29 is 23.7 Å². The number of rotatable bonds is 7. The first-order valence-corrected chi connectivity index (χ1v) is 12.9. The van der Waals surface area contributed by atoms with Crippen LogP contribution in [0.25, 0.3) is 21.8 Å². The minimum Gasteiger partial charge on any atom is -0.493 e. The maximum Gasteiger partial charge on any atom is 0.348 e. The van der Waals surface area contributed by atoms with Gasteiger partial charge in [-0.2, -0.15) is 0 Å². The van der Waals surface area contributed by atoms with Gasteiger partial charge in [0.1, 0.15) is 17.7 Å². The van der Waals surface area contributed by atoms with Crippen molar-refractivity contribution in [3.63, 3.8) is 0 Å². The maximum atomic E-state index is 13.2. The molecule has 0 amide bonds. The Balaban J connectivity index is 1.47. The first-order chi connectivity index (χ1) is 18.2. The van der Waals surface area contributed by atoms with E-state index >= 15 is 0 Å². The number of H-pyrrole nitrogens is 1. The van der Waals surface area contributed by atoms with E-state index in [4.69, 9.17) is 18.9 Å². The number of carbonyl (C=O) groups is 1. The molecule has 0 bridgehead atoms. The third-order valence-electron chi connectivity index (χ3n) is 6.53. The molecule has 38 heavy (non-hydrogen) atoms. The van der Waals surface area contributed by atoms with Gasteiger partial charge in [-0.3, -0.25) is 0 Å². The van der Waals surface area contributed by atoms with Crippen molar-refractivity contribution in [1.82, 2.24) is 20.3 Å². The second-order valence-electron chi connectivity index (χ2n) is 10.7. The van der Waals surface area contributed by atoms with Crippen LogP contribution in [0.1, 0.15) is 39.3 Å². The molecule has 0 spiro atoms. The van der Waals surface area contributed by atoms with Crippen LogP contribution in [0.2, 0.25) is 0 Å². The molecule has 2 N–H and O–H groups in total. The second kappa shape index (κ2) is 10.5. The standard InChI is InChI=1S/C29H34N4O5/c1-17-12-19-13-20(6-7-22(19)33-17)36-27-21-14-24(35-5)25(15-23(21)31-16-32-27)37-26(18-8-10-30-11-9-18)28(34)38-29(2,3)4/h6-7,12-16,18,26,30,33H,8-11H2,1-5H3. The molecule has 2 aromatic carbocycles. The van der Waals surface area contributed by atoms with Crippen LogP contribution < -0.4 is 19.5 Å². The molecule has 2 aromatic heterocycles. The second-order valence-corrected chi connectivity index (χ2v) is 10.7. The predicted molar refractivity (Wildman–Crippen MR) is 145 cm³/mol. The van der Waals surface area contributed by atoms with Gasteiger partial charge >= 0.3 is 5.97 Å². The third kappa shape index (κ3) is 5.67. The van der Waals surface area contributed by atoms with Crippen molar-refractivity contribution in [2.45, 2.75) is 52.2 Å². The molecule has 1 atom stereocenters. The normalized spacial score (nSPS) is 15.4. The molecule has 0 aliphatic carbocycles. The molecular formula is C29H34N4O5. The third-order valence-corrected chi connectivity index (χ3v) is 6.53. The SMILES string of the molecule is COc1cc2c(Oc3ccc4[nH]c(C)cc4c3)ncnc2cc1OC(C(=O)OC(C)(C)C)C1CCNCC1. The Morgan fingerprint density at radius 3 is 2.58 bits per heavy atom. The van der Waals surface area contributed by atoms with Crippen molar-refractivity contribution in [2.24, 2.45) is 5.92 Å². The molecule has 1 aliphatic rings. The van der Waals surface area contributed by atoms with Crippen LogP contribution in [0.4, 0.5) is 0 Å². The summed E-state index contributed by atoms with van der Waals surface area (Å²) >= 11 is 0. The summed E-state index contributed by atoms with van der Waals surface area (Å²) in [5.74, 6) is 1.57. The van der Waals surface area contributed by atoms with Crippen molar-refractivity contribution in [3.8, 4) is 23.1 Å². The number of nitrogens with one attached hydrogen (secondary N) is 2. The number of carbonyl (C=O) groups excluding carboxylic acids is 1. The number of ether oxygens (including phenoxy) is 4. The summed E-state index contributed by atoms with van der Waals surface area (Å²) in [5, 5.41) is 5.06. The molecule has 0 saturated carbocycles. The number of fused-ring (bicyclic) bond motifs is 2. The summed E-state index contributed by atoms with van der Waals surface area (Å²) in [6.07, 6.45) is 2.30. The van der Waals surface area contributed by atoms with Crippen LogP contribution in [0.5, 0.6) is 23.1 Å². The number of hydrogen-bond acceptors (Lipinski definition) is 8. The molecule has 1 fully saturated rings. The molecule has 200 valence electrons. The lowest BCUT2D eigenvalue weighted by Gasteiger charge is -2.32. The smallest absolute Gasteiger partial charge is 0.348 e. The lowest BCUT2D eigenvalue weighted by molar-refractivity contribution is -0.166. The number of esters is 1. The minimum atomic E-state index is -0.767. The molecule has 5 rings (SSSR count). The highest BCUT2D eigenvalue weighted by atomic mass is 16.6. The Hall–Kier alpha value is -3.85. The van der Waals surface area contributed by atoms with Crippen molar-refractivity contribution in [3.05, 3.63) is 48.4 Å². The van der Waals surface area contributed by atoms with Crippen LogP contribution in [0, 0.1) is 12.8 Å². The first kappa shape index (κ1) is 25.8. The van der Waals surface area contributed by atoms with E-state index in [0.717, 1.165) is 42.5 Å². The maximum absolute atomic E-state index is 13.2. The molecule has 1 aliphatic heterocycles. The van der Waals surface area contributed by atoms with E-state index in [-0.39, 0.29) is 11.9 Å². The van der Waals surface area contributed by atoms with Gasteiger partial charge in [-0.05, 0) is 84.0 Å². The van der Waals surface area contributed by atoms with Crippen molar-refractivity contribution >= 4 is 27.8 Å². The van der Waals surface area contributed by atoms with Crippen LogP contribution in [0.15, 0.2) is 42.7 Å². The Morgan fingerprint density at radius 1 is 1.05 bits per heavy atom. The fourth-order valence-corrected chi connectivity index (χ4v) is 4.78. The number of nitrogens with zero attached hydrogens (tertiary/aromatic N) is 2. The predicted octanol–water partition coefficient (Wildman–Crippen LogP) is 5.31. The molecule has 1 unspecified atom stereocenters. The van der Waals surface area contributed by atoms with Gasteiger partial charge in [0.15, 0.2) is 17.6 Å². The van der Waals surface area contributed by atoms with Gasteiger partial charge < -0.3 is 29.2 Å². The van der Waals surface area contributed by atoms with E-state index in [2.05, 4.69) is 26.3 Å². The summed E-state index contributed by atoms with van der Waals surface area (Å²) in [6, 6.07) is 11.5. The number of aromatic amines is 1. The Morgan fingerprint density at radius 2 is 1.84 bits per heavy atom. The fraction of sp³-hybridized carbons (Fsp3) is 0.414. The summed E-state index contributed by atoms with van der Waals surface area (Å²) in [4.78, 5) is 25.3. The van der Waals surface area contributed by atoms with Crippen LogP contribution in [0.3, 0.4) is 0 Å². The highest BCUT2D eigenvalue weighted by molar-refractivity contribution is 5.88. The fourth-order valence-electron chi connectivity index (χ4n) is 4.78. The van der Waals surface area contributed by atoms with Gasteiger partial charge in [-0.25, -0.2) is 14.8 Å². The zero-order valence-corrected chi connectivity index (χ0v) is 22.5. The summed E-state index contributed by atoms with van der Waals surface area (Å²) in [7, 11) is 1.56. The molecule has 0 radical (unpaired) electrons. The Labute approximate surface area is 221 Å². The number of hydrogen-bond donors (Lipinski definition) is 2. The molecule has 4 aromatic rings. The van der Waals surface area contributed by atoms with Crippen LogP contribution >= 0.6 is 0 Å². The average Bonchev–Trinajstić information content (AvgIpc) is 3.25.